The fourth-order valence-electron chi connectivity index (χ4n) is 5.53. The molecule has 284 valence electrons. The zero-order valence-electron chi connectivity index (χ0n) is 32.5. The Morgan fingerprint density at radius 2 is 0.962 bits per heavy atom. The molecule has 0 spiro atoms. The maximum atomic E-state index is 12.7. The Morgan fingerprint density at radius 1 is 0.585 bits per heavy atom. The van der Waals surface area contributed by atoms with Crippen LogP contribution in [0, 0.1) is 20.8 Å². The molecule has 4 aromatic rings. The Bertz CT molecular complexity index is 1860. The number of phenolic OH excluding ortho intramolecular Hbond substituents is 1. The van der Waals surface area contributed by atoms with E-state index in [0.717, 1.165) is 68.8 Å². The van der Waals surface area contributed by atoms with Crippen LogP contribution in [-0.2, 0) is 4.79 Å². The predicted molar refractivity (Wildman–Crippen MR) is 209 cm³/mol. The zero-order chi connectivity index (χ0) is 38.3. The quantitative estimate of drug-likeness (QED) is 0.0384. The molecular weight excluding hydrogens is 670 g/mol. The van der Waals surface area contributed by atoms with Crippen molar-refractivity contribution in [2.75, 3.05) is 26.4 Å². The van der Waals surface area contributed by atoms with Gasteiger partial charge in [-0.3, -0.25) is 0 Å². The Hall–Kier alpha value is -5.12. The van der Waals surface area contributed by atoms with E-state index in [-0.39, 0.29) is 23.1 Å². The topological polar surface area (TPSA) is 122 Å². The Balaban J connectivity index is 1.99. The summed E-state index contributed by atoms with van der Waals surface area (Å²) in [6.45, 7) is 19.8. The minimum Gasteiger partial charge on any atom is -0.507 e. The lowest BCUT2D eigenvalue weighted by Crippen LogP contribution is -2.09. The third kappa shape index (κ3) is 10.3. The van der Waals surface area contributed by atoms with Crippen LogP contribution in [0.25, 0.3) is 34.2 Å². The van der Waals surface area contributed by atoms with Gasteiger partial charge in [-0.05, 0) is 82.9 Å². The van der Waals surface area contributed by atoms with Crippen LogP contribution in [0.3, 0.4) is 0 Å². The van der Waals surface area contributed by atoms with Crippen molar-refractivity contribution in [1.82, 2.24) is 15.0 Å². The van der Waals surface area contributed by atoms with Gasteiger partial charge in [0, 0.05) is 22.8 Å². The summed E-state index contributed by atoms with van der Waals surface area (Å²) in [5.74, 6) is 2.83. The summed E-state index contributed by atoms with van der Waals surface area (Å²) in [5.41, 5.74) is 3.46. The van der Waals surface area contributed by atoms with Gasteiger partial charge in [-0.1, -0.05) is 60.0 Å². The highest BCUT2D eigenvalue weighted by molar-refractivity contribution is 5.86. The van der Waals surface area contributed by atoms with Crippen molar-refractivity contribution in [2.24, 2.45) is 0 Å². The minimum atomic E-state index is -0.637. The summed E-state index contributed by atoms with van der Waals surface area (Å²) in [5, 5.41) is 11.6. The second-order valence-electron chi connectivity index (χ2n) is 13.0. The lowest BCUT2D eigenvalue weighted by atomic mass is 10.0. The molecule has 0 radical (unpaired) electrons. The van der Waals surface area contributed by atoms with Crippen LogP contribution < -0.4 is 23.7 Å². The van der Waals surface area contributed by atoms with E-state index >= 15 is 0 Å². The molecular formula is C43H55N3O7. The van der Waals surface area contributed by atoms with E-state index < -0.39 is 5.97 Å². The molecule has 0 aliphatic carbocycles. The first kappa shape index (κ1) is 40.6. The third-order valence-corrected chi connectivity index (χ3v) is 8.83. The van der Waals surface area contributed by atoms with E-state index in [2.05, 4.69) is 34.3 Å². The molecule has 0 amide bonds. The molecule has 0 aliphatic rings. The maximum Gasteiger partial charge on any atom is 0.335 e. The monoisotopic (exact) mass is 725 g/mol. The van der Waals surface area contributed by atoms with Crippen molar-refractivity contribution >= 4 is 5.97 Å². The Morgan fingerprint density at radius 3 is 1.42 bits per heavy atom. The molecule has 0 atom stereocenters. The fraction of sp³-hybridized carbons (Fsp3) is 0.442. The van der Waals surface area contributed by atoms with Crippen LogP contribution in [0.1, 0.15) is 95.8 Å². The molecule has 53 heavy (non-hydrogen) atoms. The van der Waals surface area contributed by atoms with Gasteiger partial charge in [0.25, 0.3) is 0 Å². The average molecular weight is 726 g/mol. The highest BCUT2D eigenvalue weighted by Gasteiger charge is 2.24. The number of hydrogen-bond donors (Lipinski definition) is 1. The van der Waals surface area contributed by atoms with Crippen LogP contribution in [-0.4, -0.2) is 52.5 Å². The number of hydrogen-bond acceptors (Lipinski definition) is 10. The van der Waals surface area contributed by atoms with Crippen molar-refractivity contribution in [3.05, 3.63) is 65.7 Å². The van der Waals surface area contributed by atoms with Gasteiger partial charge in [-0.25, -0.2) is 19.7 Å². The molecule has 4 rings (SSSR count). The first-order valence-corrected chi connectivity index (χ1v) is 18.9. The number of esters is 1. The number of aromatic hydroxyl groups is 1. The Labute approximate surface area is 314 Å². The number of carbonyl (C=O) groups is 1. The van der Waals surface area contributed by atoms with Crippen LogP contribution in [0.2, 0.25) is 0 Å². The highest BCUT2D eigenvalue weighted by Crippen LogP contribution is 2.42. The first-order chi connectivity index (χ1) is 25.7. The van der Waals surface area contributed by atoms with E-state index in [1.165, 1.54) is 0 Å². The molecule has 10 nitrogen and oxygen atoms in total. The number of nitrogens with zero attached hydrogens (tertiary/aromatic N) is 3. The van der Waals surface area contributed by atoms with Crippen LogP contribution in [0.15, 0.2) is 49.1 Å². The van der Waals surface area contributed by atoms with Crippen molar-refractivity contribution in [3.8, 4) is 68.7 Å². The number of rotatable bonds is 21. The third-order valence-electron chi connectivity index (χ3n) is 8.83. The van der Waals surface area contributed by atoms with Crippen LogP contribution in [0.4, 0.5) is 0 Å². The predicted octanol–water partition coefficient (Wildman–Crippen LogP) is 10.3. The van der Waals surface area contributed by atoms with E-state index in [0.29, 0.717) is 77.3 Å². The standard InChI is InChI=1S/C43H55N3O7/c1-9-14-24-49-34-21-18-31(38(48)28(34)6)41-44-42(32-19-22-35(50-25-15-10-2)29(7)39(32)52-27-17-12-4)46-43(45-41)33-20-23-36(51-26-16-11-3)30(8)40(33)53-37(47)13-5/h13,18-23,48H,5,9-12,14-17,24-27H2,1-4,6-8H3. The smallest absolute Gasteiger partial charge is 0.335 e. The van der Waals surface area contributed by atoms with Gasteiger partial charge < -0.3 is 28.8 Å². The van der Waals surface area contributed by atoms with Gasteiger partial charge in [0.05, 0.1) is 43.1 Å². The second-order valence-corrected chi connectivity index (χ2v) is 13.0. The van der Waals surface area contributed by atoms with E-state index in [1.807, 2.05) is 38.1 Å². The summed E-state index contributed by atoms with van der Waals surface area (Å²) < 4.78 is 30.5. The van der Waals surface area contributed by atoms with Gasteiger partial charge in [0.15, 0.2) is 17.5 Å². The maximum absolute atomic E-state index is 12.7. The molecule has 0 aliphatic heterocycles. The summed E-state index contributed by atoms with van der Waals surface area (Å²) in [6, 6.07) is 11.0. The van der Waals surface area contributed by atoms with Crippen molar-refractivity contribution in [2.45, 2.75) is 99.8 Å². The number of ether oxygens (including phenoxy) is 5. The van der Waals surface area contributed by atoms with Gasteiger partial charge in [0.1, 0.15) is 34.5 Å². The Kier molecular flexibility index (Phi) is 15.5. The molecule has 0 fully saturated rings. The van der Waals surface area contributed by atoms with Gasteiger partial charge in [-0.2, -0.15) is 0 Å². The summed E-state index contributed by atoms with van der Waals surface area (Å²) in [7, 11) is 0. The van der Waals surface area contributed by atoms with Gasteiger partial charge in [0.2, 0.25) is 0 Å². The van der Waals surface area contributed by atoms with Crippen molar-refractivity contribution in [3.63, 3.8) is 0 Å². The zero-order valence-corrected chi connectivity index (χ0v) is 32.5. The molecule has 0 saturated heterocycles. The van der Waals surface area contributed by atoms with E-state index in [9.17, 15) is 9.90 Å². The summed E-state index contributed by atoms with van der Waals surface area (Å²) in [4.78, 5) is 27.5. The summed E-state index contributed by atoms with van der Waals surface area (Å²) >= 11 is 0. The lowest BCUT2D eigenvalue weighted by molar-refractivity contribution is -0.128. The first-order valence-electron chi connectivity index (χ1n) is 18.9. The van der Waals surface area contributed by atoms with E-state index in [1.54, 1.807) is 19.1 Å². The largest absolute Gasteiger partial charge is 0.507 e. The normalized spacial score (nSPS) is 10.9. The molecule has 0 saturated carbocycles. The average Bonchev–Trinajstić information content (AvgIpc) is 3.16. The highest BCUT2D eigenvalue weighted by atomic mass is 16.5. The number of phenols is 1. The van der Waals surface area contributed by atoms with E-state index in [4.69, 9.17) is 38.6 Å². The number of carbonyl (C=O) groups excluding carboxylic acids is 1. The summed E-state index contributed by atoms with van der Waals surface area (Å²) in [6.07, 6.45) is 8.60. The molecule has 10 heteroatoms. The van der Waals surface area contributed by atoms with Crippen LogP contribution >= 0.6 is 0 Å². The number of benzene rings is 3. The molecule has 0 unspecified atom stereocenters. The molecule has 1 N–H and O–H groups in total. The van der Waals surface area contributed by atoms with Crippen molar-refractivity contribution in [1.29, 1.82) is 0 Å². The van der Waals surface area contributed by atoms with Gasteiger partial charge in [-0.15, -0.1) is 0 Å². The van der Waals surface area contributed by atoms with Gasteiger partial charge >= 0.3 is 5.97 Å². The molecule has 3 aromatic carbocycles. The second kappa shape index (κ2) is 20.2. The molecule has 0 bridgehead atoms. The van der Waals surface area contributed by atoms with Crippen molar-refractivity contribution < 1.29 is 33.6 Å². The SMILES string of the molecule is C=CC(=O)Oc1c(-c2nc(-c3ccc(OCCCC)c(C)c3O)nc(-c3ccc(OCCCC)c(C)c3OCCCC)n2)ccc(OCCCC)c1C. The lowest BCUT2D eigenvalue weighted by Gasteiger charge is -2.19. The number of aromatic nitrogens is 3. The molecule has 1 aromatic heterocycles. The fourth-order valence-corrected chi connectivity index (χ4v) is 5.53. The number of unbranched alkanes of at least 4 members (excludes halogenated alkanes) is 4. The van der Waals surface area contributed by atoms with Crippen LogP contribution in [0.5, 0.6) is 34.5 Å². The molecule has 1 heterocycles. The minimum absolute atomic E-state index is 0.00784.